The molecule has 0 spiro atoms. The lowest BCUT2D eigenvalue weighted by molar-refractivity contribution is -0.384. The molecule has 104 valence electrons. The van der Waals surface area contributed by atoms with Crippen molar-refractivity contribution in [3.05, 3.63) is 45.5 Å². The molecule has 0 saturated heterocycles. The first kappa shape index (κ1) is 13.6. The summed E-state index contributed by atoms with van der Waals surface area (Å²) in [6.07, 6.45) is 0.233. The lowest BCUT2D eigenvalue weighted by atomic mass is 10.2. The Labute approximate surface area is 111 Å². The number of nitrogens with zero attached hydrogens (tertiary/aromatic N) is 4. The van der Waals surface area contributed by atoms with Gasteiger partial charge in [0.2, 0.25) is 0 Å². The molecule has 1 N–H and O–H groups in total. The van der Waals surface area contributed by atoms with Crippen LogP contribution in [0, 0.1) is 15.9 Å². The van der Waals surface area contributed by atoms with Crippen molar-refractivity contribution in [2.45, 2.75) is 13.3 Å². The van der Waals surface area contributed by atoms with Gasteiger partial charge in [-0.05, 0) is 12.5 Å². The molecule has 0 radical (unpaired) electrons. The van der Waals surface area contributed by atoms with Gasteiger partial charge in [0, 0.05) is 12.1 Å². The lowest BCUT2D eigenvalue weighted by Gasteiger charge is -2.06. The monoisotopic (exact) mass is 280 g/mol. The number of non-ortho nitro benzene ring substituents is 1. The van der Waals surface area contributed by atoms with E-state index in [9.17, 15) is 19.3 Å². The summed E-state index contributed by atoms with van der Waals surface area (Å²) < 4.78 is 14.8. The molecule has 0 unspecified atom stereocenters. The van der Waals surface area contributed by atoms with Crippen molar-refractivity contribution >= 4 is 11.7 Å². The number of nitro benzene ring substituents is 1. The Bertz CT molecular complexity index is 698. The fraction of sp³-hybridized carbons (Fsp3) is 0.182. The highest BCUT2D eigenvalue weighted by molar-refractivity contribution is 5.86. The molecule has 8 nitrogen and oxygen atoms in total. The minimum atomic E-state index is -1.29. The van der Waals surface area contributed by atoms with Crippen LogP contribution in [-0.2, 0) is 6.42 Å². The quantitative estimate of drug-likeness (QED) is 0.672. The number of aromatic nitrogens is 3. The van der Waals surface area contributed by atoms with Crippen molar-refractivity contribution in [3.63, 3.8) is 0 Å². The molecule has 1 heterocycles. The first-order chi connectivity index (χ1) is 9.45. The molecular formula is C11H9FN4O4. The number of carboxylic acid groups (broad SMARTS) is 1. The molecule has 0 fully saturated rings. The van der Waals surface area contributed by atoms with Gasteiger partial charge in [0.25, 0.3) is 5.69 Å². The van der Waals surface area contributed by atoms with Crippen LogP contribution in [0.5, 0.6) is 0 Å². The van der Waals surface area contributed by atoms with Crippen LogP contribution in [0.4, 0.5) is 10.1 Å². The summed E-state index contributed by atoms with van der Waals surface area (Å²) in [6.45, 7) is 1.65. The van der Waals surface area contributed by atoms with Gasteiger partial charge in [0.05, 0.1) is 10.6 Å². The smallest absolute Gasteiger partial charge is 0.358 e. The Kier molecular flexibility index (Phi) is 3.42. The Morgan fingerprint density at radius 1 is 1.55 bits per heavy atom. The largest absolute Gasteiger partial charge is 0.476 e. The zero-order chi connectivity index (χ0) is 14.9. The normalized spacial score (nSPS) is 10.5. The molecule has 1 aromatic carbocycles. The zero-order valence-electron chi connectivity index (χ0n) is 10.3. The van der Waals surface area contributed by atoms with Crippen molar-refractivity contribution in [1.29, 1.82) is 0 Å². The summed E-state index contributed by atoms with van der Waals surface area (Å²) in [4.78, 5) is 21.0. The maximum absolute atomic E-state index is 13.8. The number of aromatic carboxylic acids is 1. The molecular weight excluding hydrogens is 271 g/mol. The van der Waals surface area contributed by atoms with Gasteiger partial charge in [-0.2, -0.15) is 0 Å². The highest BCUT2D eigenvalue weighted by Gasteiger charge is 2.21. The molecule has 9 heteroatoms. The third kappa shape index (κ3) is 2.20. The van der Waals surface area contributed by atoms with Gasteiger partial charge in [-0.3, -0.25) is 10.1 Å². The first-order valence-electron chi connectivity index (χ1n) is 5.57. The van der Waals surface area contributed by atoms with Gasteiger partial charge < -0.3 is 5.11 Å². The summed E-state index contributed by atoms with van der Waals surface area (Å²) >= 11 is 0. The van der Waals surface area contributed by atoms with Gasteiger partial charge >= 0.3 is 5.97 Å². The standard InChI is InChI=1S/C11H9FN4O4/c1-2-8-10(11(17)18)13-14-15(8)9-5-6(16(19)20)3-4-7(9)12/h3-5H,2H2,1H3,(H,17,18). The van der Waals surface area contributed by atoms with Gasteiger partial charge in [-0.1, -0.05) is 12.1 Å². The zero-order valence-corrected chi connectivity index (χ0v) is 10.3. The maximum atomic E-state index is 13.8. The minimum absolute atomic E-state index is 0.164. The molecule has 20 heavy (non-hydrogen) atoms. The van der Waals surface area contributed by atoms with Gasteiger partial charge in [0.15, 0.2) is 5.69 Å². The highest BCUT2D eigenvalue weighted by atomic mass is 19.1. The third-order valence-electron chi connectivity index (χ3n) is 2.67. The first-order valence-corrected chi connectivity index (χ1v) is 5.57. The summed E-state index contributed by atoms with van der Waals surface area (Å²) in [5.41, 5.74) is -0.679. The fourth-order valence-electron chi connectivity index (χ4n) is 1.76. The summed E-state index contributed by atoms with van der Waals surface area (Å²) in [7, 11) is 0. The van der Waals surface area contributed by atoms with Crippen molar-refractivity contribution in [2.24, 2.45) is 0 Å². The number of carbonyl (C=O) groups is 1. The van der Waals surface area contributed by atoms with E-state index < -0.39 is 16.7 Å². The highest BCUT2D eigenvalue weighted by Crippen LogP contribution is 2.22. The SMILES string of the molecule is CCc1c(C(=O)O)nnn1-c1cc([N+](=O)[O-])ccc1F. The predicted molar refractivity (Wildman–Crippen MR) is 64.3 cm³/mol. The van der Waals surface area contributed by atoms with E-state index in [4.69, 9.17) is 5.11 Å². The fourth-order valence-corrected chi connectivity index (χ4v) is 1.76. The van der Waals surface area contributed by atoms with Crippen LogP contribution in [0.1, 0.15) is 23.1 Å². The van der Waals surface area contributed by atoms with Crippen LogP contribution in [0.25, 0.3) is 5.69 Å². The van der Waals surface area contributed by atoms with Crippen molar-refractivity contribution in [1.82, 2.24) is 15.0 Å². The number of hydrogen-bond acceptors (Lipinski definition) is 5. The summed E-state index contributed by atoms with van der Waals surface area (Å²) in [5.74, 6) is -2.05. The molecule has 1 aromatic heterocycles. The van der Waals surface area contributed by atoms with E-state index >= 15 is 0 Å². The van der Waals surface area contributed by atoms with Crippen LogP contribution < -0.4 is 0 Å². The molecule has 0 amide bonds. The number of nitro groups is 1. The second kappa shape index (κ2) is 5.03. The average molecular weight is 280 g/mol. The summed E-state index contributed by atoms with van der Waals surface area (Å²) in [5, 5.41) is 26.7. The van der Waals surface area contributed by atoms with E-state index in [0.717, 1.165) is 22.9 Å². The molecule has 0 aliphatic rings. The maximum Gasteiger partial charge on any atom is 0.358 e. The second-order valence-electron chi connectivity index (χ2n) is 3.85. The molecule has 0 aliphatic carbocycles. The van der Waals surface area contributed by atoms with Crippen LogP contribution in [-0.4, -0.2) is 31.0 Å². The van der Waals surface area contributed by atoms with Crippen LogP contribution in [0.15, 0.2) is 18.2 Å². The molecule has 0 bridgehead atoms. The van der Waals surface area contributed by atoms with E-state index in [1.807, 2.05) is 0 Å². The third-order valence-corrected chi connectivity index (χ3v) is 2.67. The van der Waals surface area contributed by atoms with Crippen molar-refractivity contribution in [2.75, 3.05) is 0 Å². The topological polar surface area (TPSA) is 111 Å². The molecule has 2 aromatic rings. The van der Waals surface area contributed by atoms with Crippen LogP contribution in [0.2, 0.25) is 0 Å². The Hall–Kier alpha value is -2.84. The predicted octanol–water partition coefficient (Wildman–Crippen LogP) is 1.58. The Morgan fingerprint density at radius 3 is 2.80 bits per heavy atom. The number of carboxylic acids is 1. The van der Waals surface area contributed by atoms with E-state index in [1.165, 1.54) is 0 Å². The average Bonchev–Trinajstić information content (AvgIpc) is 2.82. The number of hydrogen-bond donors (Lipinski definition) is 1. The van der Waals surface area contributed by atoms with E-state index in [-0.39, 0.29) is 29.2 Å². The molecule has 0 aliphatic heterocycles. The van der Waals surface area contributed by atoms with E-state index in [2.05, 4.69) is 10.3 Å². The number of benzene rings is 1. The Morgan fingerprint density at radius 2 is 2.25 bits per heavy atom. The summed E-state index contributed by atoms with van der Waals surface area (Å²) in [6, 6.07) is 2.92. The number of halogens is 1. The molecule has 0 atom stereocenters. The van der Waals surface area contributed by atoms with E-state index in [1.54, 1.807) is 6.92 Å². The van der Waals surface area contributed by atoms with Crippen molar-refractivity contribution < 1.29 is 19.2 Å². The second-order valence-corrected chi connectivity index (χ2v) is 3.85. The van der Waals surface area contributed by atoms with Gasteiger partial charge in [-0.15, -0.1) is 5.10 Å². The van der Waals surface area contributed by atoms with Crippen molar-refractivity contribution in [3.8, 4) is 5.69 Å². The minimum Gasteiger partial charge on any atom is -0.476 e. The van der Waals surface area contributed by atoms with E-state index in [0.29, 0.717) is 0 Å². The van der Waals surface area contributed by atoms with Crippen LogP contribution in [0.3, 0.4) is 0 Å². The Balaban J connectivity index is 2.65. The number of rotatable bonds is 4. The van der Waals surface area contributed by atoms with Crippen LogP contribution >= 0.6 is 0 Å². The molecule has 2 rings (SSSR count). The molecule has 0 saturated carbocycles. The van der Waals surface area contributed by atoms with Gasteiger partial charge in [-0.25, -0.2) is 13.9 Å². The van der Waals surface area contributed by atoms with Gasteiger partial charge in [0.1, 0.15) is 11.5 Å². The lowest BCUT2D eigenvalue weighted by Crippen LogP contribution is -2.07.